The average molecular weight is 561 g/mol. The molecule has 0 atom stereocenters. The maximum Gasteiger partial charge on any atom is 0.416 e. The number of allylic oxidation sites excluding steroid dienone is 4. The Bertz CT molecular complexity index is 698. The van der Waals surface area contributed by atoms with Crippen molar-refractivity contribution in [2.24, 2.45) is 10.4 Å². The zero-order valence-corrected chi connectivity index (χ0v) is 27.0. The number of amides is 1. The average Bonchev–Trinajstić information content (AvgIpc) is 2.98. The van der Waals surface area contributed by atoms with E-state index in [1.165, 1.54) is 7.11 Å². The Kier molecular flexibility index (Phi) is 37.7. The number of nitrogens with one attached hydrogen (secondary N) is 1. The van der Waals surface area contributed by atoms with Crippen molar-refractivity contribution in [1.82, 2.24) is 5.32 Å². The van der Waals surface area contributed by atoms with Crippen molar-refractivity contribution in [3.05, 3.63) is 35.5 Å². The van der Waals surface area contributed by atoms with Gasteiger partial charge < -0.3 is 10.1 Å². The zero-order chi connectivity index (χ0) is 31.9. The fourth-order valence-corrected chi connectivity index (χ4v) is 3.34. The Labute approximate surface area is 239 Å². The third kappa shape index (κ3) is 23.1. The number of ether oxygens (including phenoxy) is 1. The number of rotatable bonds is 8. The molecule has 39 heavy (non-hydrogen) atoms. The fourth-order valence-electron chi connectivity index (χ4n) is 3.34. The first kappa shape index (κ1) is 46.4. The molecular formula is C32H59F3N2O2. The van der Waals surface area contributed by atoms with E-state index < -0.39 is 11.7 Å². The largest absolute Gasteiger partial charge is 0.483 e. The van der Waals surface area contributed by atoms with E-state index in [-0.39, 0.29) is 36.7 Å². The van der Waals surface area contributed by atoms with Gasteiger partial charge in [-0.15, -0.1) is 12.8 Å². The maximum absolute atomic E-state index is 13.2. The summed E-state index contributed by atoms with van der Waals surface area (Å²) in [6, 6.07) is 0. The molecule has 1 rings (SSSR count). The molecule has 0 aromatic rings. The summed E-state index contributed by atoms with van der Waals surface area (Å²) in [5, 5.41) is 2.86. The van der Waals surface area contributed by atoms with Gasteiger partial charge >= 0.3 is 6.18 Å². The lowest BCUT2D eigenvalue weighted by Crippen LogP contribution is -2.42. The van der Waals surface area contributed by atoms with Crippen LogP contribution in [0.5, 0.6) is 0 Å². The number of hydrogen-bond acceptors (Lipinski definition) is 3. The SMILES string of the molecule is C#C.CC.CC.CC.CC.C\C=C/C(=C\C(=C\CC)C(F)(F)F)CN=C(CNC(=O)C1(C)CCCCC1)OC. The van der Waals surface area contributed by atoms with E-state index >= 15 is 0 Å². The number of carbonyl (C=O) groups excluding carboxylic acids is 1. The highest BCUT2D eigenvalue weighted by molar-refractivity contribution is 5.87. The second-order valence-electron chi connectivity index (χ2n) is 7.50. The summed E-state index contributed by atoms with van der Waals surface area (Å²) in [5.41, 5.74) is -0.662. The Morgan fingerprint density at radius 2 is 1.49 bits per heavy atom. The summed E-state index contributed by atoms with van der Waals surface area (Å²) >= 11 is 0. The number of halogens is 3. The smallest absolute Gasteiger partial charge is 0.416 e. The van der Waals surface area contributed by atoms with Crippen molar-refractivity contribution in [3.63, 3.8) is 0 Å². The van der Waals surface area contributed by atoms with E-state index in [0.717, 1.165) is 44.3 Å². The van der Waals surface area contributed by atoms with Crippen LogP contribution in [-0.4, -0.2) is 38.2 Å². The van der Waals surface area contributed by atoms with Crippen LogP contribution in [-0.2, 0) is 9.53 Å². The molecule has 0 aromatic heterocycles. The topological polar surface area (TPSA) is 50.7 Å². The lowest BCUT2D eigenvalue weighted by Gasteiger charge is -2.31. The van der Waals surface area contributed by atoms with E-state index in [4.69, 9.17) is 4.74 Å². The van der Waals surface area contributed by atoms with E-state index in [9.17, 15) is 18.0 Å². The van der Waals surface area contributed by atoms with Crippen LogP contribution in [0.3, 0.4) is 0 Å². The summed E-state index contributed by atoms with van der Waals surface area (Å²) in [5.74, 6) is 0.248. The molecule has 1 aliphatic carbocycles. The van der Waals surface area contributed by atoms with Crippen LogP contribution in [0.1, 0.15) is 115 Å². The molecule has 0 spiro atoms. The van der Waals surface area contributed by atoms with Gasteiger partial charge in [0.05, 0.1) is 25.8 Å². The molecule has 1 aliphatic rings. The Morgan fingerprint density at radius 1 is 1.00 bits per heavy atom. The molecule has 1 N–H and O–H groups in total. The zero-order valence-electron chi connectivity index (χ0n) is 27.0. The molecule has 4 nitrogen and oxygen atoms in total. The summed E-state index contributed by atoms with van der Waals surface area (Å²) in [7, 11) is 1.44. The molecule has 1 amide bonds. The molecule has 0 heterocycles. The summed E-state index contributed by atoms with van der Waals surface area (Å²) in [4.78, 5) is 16.8. The quantitative estimate of drug-likeness (QED) is 0.139. The first-order chi connectivity index (χ1) is 18.7. The monoisotopic (exact) mass is 560 g/mol. The van der Waals surface area contributed by atoms with Crippen molar-refractivity contribution in [2.75, 3.05) is 20.2 Å². The van der Waals surface area contributed by atoms with Crippen LogP contribution in [0.2, 0.25) is 0 Å². The third-order valence-electron chi connectivity index (χ3n) is 5.05. The Morgan fingerprint density at radius 3 is 1.87 bits per heavy atom. The fraction of sp³-hybridized carbons (Fsp3) is 0.688. The minimum Gasteiger partial charge on any atom is -0.483 e. The van der Waals surface area contributed by atoms with Crippen LogP contribution in [0, 0.1) is 18.3 Å². The molecule has 0 bridgehead atoms. The number of methoxy groups -OCH3 is 1. The van der Waals surface area contributed by atoms with Crippen molar-refractivity contribution in [3.8, 4) is 12.8 Å². The molecule has 0 radical (unpaired) electrons. The molecule has 0 aromatic carbocycles. The van der Waals surface area contributed by atoms with Crippen LogP contribution < -0.4 is 5.32 Å². The molecule has 0 unspecified atom stereocenters. The molecule has 1 fully saturated rings. The van der Waals surface area contributed by atoms with Crippen LogP contribution in [0.15, 0.2) is 40.4 Å². The number of alkyl halides is 3. The lowest BCUT2D eigenvalue weighted by atomic mass is 9.75. The van der Waals surface area contributed by atoms with Crippen LogP contribution >= 0.6 is 0 Å². The second kappa shape index (κ2) is 31.7. The molecule has 230 valence electrons. The minimum atomic E-state index is -4.42. The first-order valence-corrected chi connectivity index (χ1v) is 14.5. The van der Waals surface area contributed by atoms with Crippen molar-refractivity contribution >= 4 is 11.8 Å². The normalized spacial score (nSPS) is 14.6. The van der Waals surface area contributed by atoms with Gasteiger partial charge in [-0.3, -0.25) is 4.79 Å². The van der Waals surface area contributed by atoms with E-state index in [1.807, 2.05) is 62.3 Å². The highest BCUT2D eigenvalue weighted by Crippen LogP contribution is 2.35. The van der Waals surface area contributed by atoms with Gasteiger partial charge in [0.15, 0.2) is 0 Å². The van der Waals surface area contributed by atoms with Crippen molar-refractivity contribution < 1.29 is 22.7 Å². The second-order valence-corrected chi connectivity index (χ2v) is 7.50. The van der Waals surface area contributed by atoms with Crippen LogP contribution in [0.25, 0.3) is 0 Å². The van der Waals surface area contributed by atoms with Gasteiger partial charge in [-0.25, -0.2) is 4.99 Å². The number of carbonyl (C=O) groups is 1. The maximum atomic E-state index is 13.2. The van der Waals surface area contributed by atoms with Gasteiger partial charge in [-0.05, 0) is 37.8 Å². The number of nitrogens with zero attached hydrogens (tertiary/aromatic N) is 1. The van der Waals surface area contributed by atoms with Gasteiger partial charge in [-0.2, -0.15) is 13.2 Å². The first-order valence-electron chi connectivity index (χ1n) is 14.5. The number of hydrogen-bond donors (Lipinski definition) is 1. The van der Waals surface area contributed by atoms with Gasteiger partial charge in [0.25, 0.3) is 0 Å². The molecule has 7 heteroatoms. The van der Waals surface area contributed by atoms with E-state index in [1.54, 1.807) is 26.0 Å². The van der Waals surface area contributed by atoms with Gasteiger partial charge in [-0.1, -0.05) is 107 Å². The van der Waals surface area contributed by atoms with E-state index in [0.29, 0.717) is 5.57 Å². The lowest BCUT2D eigenvalue weighted by molar-refractivity contribution is -0.131. The number of aliphatic imine (C=N–C) groups is 1. The summed E-state index contributed by atoms with van der Waals surface area (Å²) < 4.78 is 44.7. The standard InChI is InChI=1S/C22H33F3N2O2.4C2H6.C2H2/c1-5-10-17(14-18(11-6-2)22(23,24)25)15-26-19(29-4)16-27-20(28)21(3)12-8-7-9-13-21;5*1-2/h5,10-11,14H,6-9,12-13,15-16H2,1-4H3,(H,27,28);4*1-2H3;1-2H/b10-5-,17-14+,18-11-,26-19?;;;;;. The van der Waals surface area contributed by atoms with Crippen molar-refractivity contribution in [1.29, 1.82) is 0 Å². The number of terminal acetylenes is 1. The Hall–Kier alpha value is -2.49. The van der Waals surface area contributed by atoms with Gasteiger partial charge in [0.2, 0.25) is 11.8 Å². The Balaban J connectivity index is -0.000000344. The third-order valence-corrected chi connectivity index (χ3v) is 5.05. The predicted octanol–water partition coefficient (Wildman–Crippen LogP) is 9.87. The van der Waals surface area contributed by atoms with E-state index in [2.05, 4.69) is 23.2 Å². The van der Waals surface area contributed by atoms with Gasteiger partial charge in [0.1, 0.15) is 0 Å². The molecular weight excluding hydrogens is 501 g/mol. The van der Waals surface area contributed by atoms with Crippen LogP contribution in [0.4, 0.5) is 13.2 Å². The summed E-state index contributed by atoms with van der Waals surface area (Å²) in [6.45, 7) is 21.5. The highest BCUT2D eigenvalue weighted by atomic mass is 19.4. The molecule has 1 saturated carbocycles. The van der Waals surface area contributed by atoms with Gasteiger partial charge in [0, 0.05) is 5.41 Å². The summed E-state index contributed by atoms with van der Waals surface area (Å²) in [6.07, 6.45) is 14.3. The predicted molar refractivity (Wildman–Crippen MR) is 166 cm³/mol. The molecule has 0 aliphatic heterocycles. The minimum absolute atomic E-state index is 0.0256. The van der Waals surface area contributed by atoms with Crippen molar-refractivity contribution in [2.45, 2.75) is 121 Å². The highest BCUT2D eigenvalue weighted by Gasteiger charge is 2.34. The molecule has 0 saturated heterocycles.